The largest absolute Gasteiger partial charge is 0.393 e. The second-order valence-corrected chi connectivity index (χ2v) is 4.81. The van der Waals surface area contributed by atoms with Crippen molar-refractivity contribution < 1.29 is 4.79 Å². The molecule has 1 atom stereocenters. The van der Waals surface area contributed by atoms with Crippen LogP contribution in [0.25, 0.3) is 0 Å². The molecule has 0 radical (unpaired) electrons. The van der Waals surface area contributed by atoms with Gasteiger partial charge in [0.15, 0.2) is 0 Å². The Kier molecular flexibility index (Phi) is 4.08. The van der Waals surface area contributed by atoms with Crippen LogP contribution in [0.1, 0.15) is 46.0 Å². The molecule has 1 fully saturated rings. The first-order valence-corrected chi connectivity index (χ1v) is 6.07. The maximum Gasteiger partial charge on any atom is 0.230 e. The fourth-order valence-corrected chi connectivity index (χ4v) is 2.31. The van der Waals surface area contributed by atoms with Crippen molar-refractivity contribution in [2.24, 2.45) is 11.7 Å². The summed E-state index contributed by atoms with van der Waals surface area (Å²) in [6.07, 6.45) is 5.05. The van der Waals surface area contributed by atoms with E-state index in [2.05, 4.69) is 12.2 Å². The first kappa shape index (κ1) is 12.4. The quantitative estimate of drug-likeness (QED) is 0.705. The van der Waals surface area contributed by atoms with Gasteiger partial charge in [-0.3, -0.25) is 4.79 Å². The predicted molar refractivity (Wildman–Crippen MR) is 65.6 cm³/mol. The average molecular weight is 228 g/mol. The number of amides is 1. The van der Waals surface area contributed by atoms with E-state index in [0.717, 1.165) is 19.3 Å². The Bertz CT molecular complexity index is 256. The molecular weight excluding hydrogens is 208 g/mol. The van der Waals surface area contributed by atoms with Gasteiger partial charge >= 0.3 is 0 Å². The van der Waals surface area contributed by atoms with E-state index in [0.29, 0.717) is 11.4 Å². The van der Waals surface area contributed by atoms with E-state index in [4.69, 9.17) is 18.0 Å². The Labute approximate surface area is 96.8 Å². The molecule has 0 saturated heterocycles. The summed E-state index contributed by atoms with van der Waals surface area (Å²) < 4.78 is 0. The van der Waals surface area contributed by atoms with Crippen molar-refractivity contribution in [3.63, 3.8) is 0 Å². The third-order valence-corrected chi connectivity index (χ3v) is 3.73. The molecule has 1 aliphatic carbocycles. The summed E-state index contributed by atoms with van der Waals surface area (Å²) in [5, 5.41) is 3.11. The molecule has 1 saturated carbocycles. The van der Waals surface area contributed by atoms with Crippen molar-refractivity contribution in [3.8, 4) is 0 Å². The van der Waals surface area contributed by atoms with Gasteiger partial charge in [-0.25, -0.2) is 0 Å². The summed E-state index contributed by atoms with van der Waals surface area (Å²) in [6, 6.07) is 0. The van der Waals surface area contributed by atoms with Crippen molar-refractivity contribution in [2.45, 2.75) is 51.5 Å². The molecule has 15 heavy (non-hydrogen) atoms. The van der Waals surface area contributed by atoms with Gasteiger partial charge in [0.1, 0.15) is 0 Å². The van der Waals surface area contributed by atoms with Gasteiger partial charge < -0.3 is 11.1 Å². The van der Waals surface area contributed by atoms with Crippen LogP contribution in [0.2, 0.25) is 0 Å². The monoisotopic (exact) mass is 228 g/mol. The fourth-order valence-electron chi connectivity index (χ4n) is 2.03. The zero-order chi connectivity index (χ0) is 11.5. The predicted octanol–water partition coefficient (Wildman–Crippen LogP) is 1.75. The standard InChI is InChI=1S/C11H20N2OS/c1-3-8(9(12)15)10(14)13-11(4-2)6-5-7-11/h8H,3-7H2,1-2H3,(H2,12,15)(H,13,14). The lowest BCUT2D eigenvalue weighted by Crippen LogP contribution is -2.55. The Morgan fingerprint density at radius 3 is 2.40 bits per heavy atom. The van der Waals surface area contributed by atoms with Crippen molar-refractivity contribution in [1.29, 1.82) is 0 Å². The maximum atomic E-state index is 11.9. The van der Waals surface area contributed by atoms with Gasteiger partial charge in [-0.05, 0) is 32.1 Å². The number of nitrogens with one attached hydrogen (secondary N) is 1. The van der Waals surface area contributed by atoms with Gasteiger partial charge in [-0.15, -0.1) is 0 Å². The number of carbonyl (C=O) groups excluding carboxylic acids is 1. The highest BCUT2D eigenvalue weighted by Crippen LogP contribution is 2.34. The molecule has 1 amide bonds. The summed E-state index contributed by atoms with van der Waals surface area (Å²) in [6.45, 7) is 4.05. The average Bonchev–Trinajstić information content (AvgIpc) is 2.11. The Hall–Kier alpha value is -0.640. The van der Waals surface area contributed by atoms with Gasteiger partial charge in [0.2, 0.25) is 5.91 Å². The molecule has 0 aliphatic heterocycles. The van der Waals surface area contributed by atoms with Crippen LogP contribution in [0, 0.1) is 5.92 Å². The van der Waals surface area contributed by atoms with E-state index in [1.807, 2.05) is 6.92 Å². The summed E-state index contributed by atoms with van der Waals surface area (Å²) in [7, 11) is 0. The SMILES string of the molecule is CCC(C(=O)NC1(CC)CCC1)C(N)=S. The Morgan fingerprint density at radius 2 is 2.13 bits per heavy atom. The minimum Gasteiger partial charge on any atom is -0.393 e. The van der Waals surface area contributed by atoms with E-state index in [-0.39, 0.29) is 17.4 Å². The van der Waals surface area contributed by atoms with Crippen LogP contribution in [-0.4, -0.2) is 16.4 Å². The lowest BCUT2D eigenvalue weighted by atomic mass is 9.74. The van der Waals surface area contributed by atoms with Crippen molar-refractivity contribution in [2.75, 3.05) is 0 Å². The molecular formula is C11H20N2OS. The molecule has 3 N–H and O–H groups in total. The van der Waals surface area contributed by atoms with Gasteiger partial charge in [0.25, 0.3) is 0 Å². The molecule has 86 valence electrons. The zero-order valence-corrected chi connectivity index (χ0v) is 10.3. The number of hydrogen-bond donors (Lipinski definition) is 2. The number of carbonyl (C=O) groups is 1. The summed E-state index contributed by atoms with van der Waals surface area (Å²) in [5.74, 6) is -0.296. The smallest absolute Gasteiger partial charge is 0.230 e. The van der Waals surface area contributed by atoms with E-state index in [1.54, 1.807) is 0 Å². The molecule has 0 bridgehead atoms. The molecule has 1 unspecified atom stereocenters. The molecule has 1 aliphatic rings. The summed E-state index contributed by atoms with van der Waals surface area (Å²) >= 11 is 4.89. The van der Waals surface area contributed by atoms with Gasteiger partial charge in [0.05, 0.1) is 10.9 Å². The third-order valence-electron chi connectivity index (χ3n) is 3.44. The molecule has 4 heteroatoms. The van der Waals surface area contributed by atoms with Crippen LogP contribution >= 0.6 is 12.2 Å². The van der Waals surface area contributed by atoms with Crippen LogP contribution < -0.4 is 11.1 Å². The minimum absolute atomic E-state index is 0.00606. The van der Waals surface area contributed by atoms with Crippen LogP contribution in [0.4, 0.5) is 0 Å². The Morgan fingerprint density at radius 1 is 1.53 bits per heavy atom. The topological polar surface area (TPSA) is 55.1 Å². The van der Waals surface area contributed by atoms with E-state index < -0.39 is 0 Å². The number of hydrogen-bond acceptors (Lipinski definition) is 2. The van der Waals surface area contributed by atoms with Crippen LogP contribution in [0.3, 0.4) is 0 Å². The molecule has 1 rings (SSSR count). The van der Waals surface area contributed by atoms with Crippen molar-refractivity contribution in [3.05, 3.63) is 0 Å². The summed E-state index contributed by atoms with van der Waals surface area (Å²) in [4.78, 5) is 12.2. The van der Waals surface area contributed by atoms with E-state index >= 15 is 0 Å². The van der Waals surface area contributed by atoms with Gasteiger partial charge in [0, 0.05) is 5.54 Å². The van der Waals surface area contributed by atoms with Crippen LogP contribution in [0.15, 0.2) is 0 Å². The third kappa shape index (κ3) is 2.68. The lowest BCUT2D eigenvalue weighted by molar-refractivity contribution is -0.126. The van der Waals surface area contributed by atoms with E-state index in [1.165, 1.54) is 6.42 Å². The molecule has 0 heterocycles. The normalized spacial score (nSPS) is 20.1. The molecule has 0 aromatic heterocycles. The maximum absolute atomic E-state index is 11.9. The van der Waals surface area contributed by atoms with Crippen LogP contribution in [0.5, 0.6) is 0 Å². The highest BCUT2D eigenvalue weighted by atomic mass is 32.1. The highest BCUT2D eigenvalue weighted by molar-refractivity contribution is 7.80. The molecule has 3 nitrogen and oxygen atoms in total. The minimum atomic E-state index is -0.302. The number of rotatable bonds is 5. The first-order chi connectivity index (χ1) is 7.04. The molecule has 0 spiro atoms. The number of nitrogens with two attached hydrogens (primary N) is 1. The second kappa shape index (κ2) is 4.92. The fraction of sp³-hybridized carbons (Fsp3) is 0.818. The zero-order valence-electron chi connectivity index (χ0n) is 9.51. The van der Waals surface area contributed by atoms with Crippen molar-refractivity contribution in [1.82, 2.24) is 5.32 Å². The van der Waals surface area contributed by atoms with Crippen molar-refractivity contribution >= 4 is 23.1 Å². The molecule has 0 aromatic carbocycles. The van der Waals surface area contributed by atoms with Crippen LogP contribution in [-0.2, 0) is 4.79 Å². The highest BCUT2D eigenvalue weighted by Gasteiger charge is 2.37. The van der Waals surface area contributed by atoms with Gasteiger partial charge in [-0.2, -0.15) is 0 Å². The Balaban J connectivity index is 2.57. The van der Waals surface area contributed by atoms with E-state index in [9.17, 15) is 4.79 Å². The summed E-state index contributed by atoms with van der Waals surface area (Å²) in [5.41, 5.74) is 5.58. The second-order valence-electron chi connectivity index (χ2n) is 4.34. The molecule has 0 aromatic rings. The number of thiocarbonyl (C=S) groups is 1. The first-order valence-electron chi connectivity index (χ1n) is 5.66. The lowest BCUT2D eigenvalue weighted by Gasteiger charge is -2.42. The van der Waals surface area contributed by atoms with Gasteiger partial charge in [-0.1, -0.05) is 26.1 Å².